The molecule has 2 heterocycles. The van der Waals surface area contributed by atoms with Crippen molar-refractivity contribution < 1.29 is 8.42 Å². The third-order valence-electron chi connectivity index (χ3n) is 2.85. The Hall–Kier alpha value is -1.35. The number of aromatic nitrogens is 2. The highest BCUT2D eigenvalue weighted by Crippen LogP contribution is 2.25. The zero-order chi connectivity index (χ0) is 15.3. The first-order valence-corrected chi connectivity index (χ1v) is 8.87. The Morgan fingerprint density at radius 2 is 2.14 bits per heavy atom. The minimum Gasteiger partial charge on any atom is -0.312 e. The van der Waals surface area contributed by atoms with Gasteiger partial charge in [0, 0.05) is 22.5 Å². The van der Waals surface area contributed by atoms with Crippen molar-refractivity contribution in [2.24, 2.45) is 0 Å². The summed E-state index contributed by atoms with van der Waals surface area (Å²) in [5.41, 5.74) is 0.634. The Labute approximate surface area is 128 Å². The zero-order valence-electron chi connectivity index (χ0n) is 12.0. The first kappa shape index (κ1) is 16.0. The van der Waals surface area contributed by atoms with Crippen LogP contribution in [-0.4, -0.2) is 24.9 Å². The molecule has 0 atom stereocenters. The van der Waals surface area contributed by atoms with Crippen molar-refractivity contribution in [1.82, 2.24) is 20.0 Å². The van der Waals surface area contributed by atoms with E-state index in [1.54, 1.807) is 18.3 Å². The molecule has 0 amide bonds. The van der Waals surface area contributed by atoms with Crippen molar-refractivity contribution in [3.05, 3.63) is 40.1 Å². The van der Waals surface area contributed by atoms with Crippen LogP contribution in [0.15, 0.2) is 29.6 Å². The lowest BCUT2D eigenvalue weighted by Gasteiger charge is -2.05. The van der Waals surface area contributed by atoms with E-state index in [-0.39, 0.29) is 6.54 Å². The quantitative estimate of drug-likeness (QED) is 0.804. The first-order valence-electron chi connectivity index (χ1n) is 6.57. The fourth-order valence-electron chi connectivity index (χ4n) is 1.80. The summed E-state index contributed by atoms with van der Waals surface area (Å²) in [6.07, 6.45) is 2.98. The van der Waals surface area contributed by atoms with Gasteiger partial charge in [-0.25, -0.2) is 23.1 Å². The van der Waals surface area contributed by atoms with E-state index in [2.05, 4.69) is 20.0 Å². The summed E-state index contributed by atoms with van der Waals surface area (Å²) in [7, 11) is -3.52. The maximum atomic E-state index is 12.3. The minimum absolute atomic E-state index is 0.155. The van der Waals surface area contributed by atoms with Crippen LogP contribution in [0.3, 0.4) is 0 Å². The molecule has 0 bridgehead atoms. The summed E-state index contributed by atoms with van der Waals surface area (Å²) in [4.78, 5) is 9.94. The molecule has 114 valence electrons. The molecule has 0 saturated carbocycles. The van der Waals surface area contributed by atoms with Crippen LogP contribution < -0.4 is 10.0 Å². The maximum absolute atomic E-state index is 12.3. The van der Waals surface area contributed by atoms with E-state index in [4.69, 9.17) is 0 Å². The van der Waals surface area contributed by atoms with E-state index >= 15 is 0 Å². The first-order chi connectivity index (χ1) is 10.0. The highest BCUT2D eigenvalue weighted by molar-refractivity contribution is 7.89. The Balaban J connectivity index is 2.10. The molecule has 0 aliphatic rings. The number of nitrogens with one attached hydrogen (secondary N) is 2. The predicted molar refractivity (Wildman–Crippen MR) is 82.5 cm³/mol. The minimum atomic E-state index is -3.52. The molecule has 8 heteroatoms. The van der Waals surface area contributed by atoms with Crippen LogP contribution in [0.25, 0.3) is 0 Å². The average molecular weight is 326 g/mol. The number of thiophene rings is 1. The van der Waals surface area contributed by atoms with Gasteiger partial charge in [-0.3, -0.25) is 0 Å². The Kier molecular flexibility index (Phi) is 5.40. The molecule has 0 radical (unpaired) electrons. The molecule has 6 nitrogen and oxygen atoms in total. The van der Waals surface area contributed by atoms with E-state index in [9.17, 15) is 8.42 Å². The van der Waals surface area contributed by atoms with Gasteiger partial charge in [-0.05, 0) is 25.6 Å². The van der Waals surface area contributed by atoms with Crippen molar-refractivity contribution in [1.29, 1.82) is 0 Å². The lowest BCUT2D eigenvalue weighted by molar-refractivity contribution is 0.580. The molecule has 2 rings (SSSR count). The second-order valence-corrected chi connectivity index (χ2v) is 7.51. The number of sulfonamides is 1. The van der Waals surface area contributed by atoms with Gasteiger partial charge in [0.15, 0.2) is 0 Å². The van der Waals surface area contributed by atoms with E-state index in [1.807, 2.05) is 13.8 Å². The van der Waals surface area contributed by atoms with Crippen LogP contribution in [0.4, 0.5) is 0 Å². The fourth-order valence-corrected chi connectivity index (χ4v) is 4.40. The van der Waals surface area contributed by atoms with Crippen LogP contribution in [0.5, 0.6) is 0 Å². The molecule has 21 heavy (non-hydrogen) atoms. The summed E-state index contributed by atoms with van der Waals surface area (Å²) in [6.45, 7) is 5.53. The van der Waals surface area contributed by atoms with E-state index < -0.39 is 10.0 Å². The summed E-state index contributed by atoms with van der Waals surface area (Å²) < 4.78 is 27.3. The highest BCUT2D eigenvalue weighted by atomic mass is 32.2. The summed E-state index contributed by atoms with van der Waals surface area (Å²) in [6, 6.07) is 3.41. The van der Waals surface area contributed by atoms with Gasteiger partial charge in [0.25, 0.3) is 0 Å². The van der Waals surface area contributed by atoms with Gasteiger partial charge in [-0.15, -0.1) is 11.3 Å². The number of nitrogens with zero attached hydrogens (tertiary/aromatic N) is 2. The van der Waals surface area contributed by atoms with Crippen molar-refractivity contribution in [3.8, 4) is 0 Å². The van der Waals surface area contributed by atoms with Crippen LogP contribution >= 0.6 is 11.3 Å². The van der Waals surface area contributed by atoms with Gasteiger partial charge < -0.3 is 5.32 Å². The molecule has 0 spiro atoms. The molecular weight excluding hydrogens is 308 g/mol. The molecule has 0 fully saturated rings. The molecule has 2 aromatic rings. The monoisotopic (exact) mass is 326 g/mol. The lowest BCUT2D eigenvalue weighted by atomic mass is 10.4. The van der Waals surface area contributed by atoms with Gasteiger partial charge in [0.1, 0.15) is 6.33 Å². The second kappa shape index (κ2) is 7.08. The van der Waals surface area contributed by atoms with Gasteiger partial charge in [-0.1, -0.05) is 6.92 Å². The number of aryl methyl sites for hydroxylation is 1. The maximum Gasteiger partial charge on any atom is 0.242 e. The van der Waals surface area contributed by atoms with E-state index in [1.165, 1.54) is 17.7 Å². The van der Waals surface area contributed by atoms with Gasteiger partial charge >= 0.3 is 0 Å². The van der Waals surface area contributed by atoms with Gasteiger partial charge in [0.05, 0.1) is 17.1 Å². The third kappa shape index (κ3) is 4.31. The van der Waals surface area contributed by atoms with Gasteiger partial charge in [-0.2, -0.15) is 0 Å². The van der Waals surface area contributed by atoms with Crippen LogP contribution in [0, 0.1) is 6.92 Å². The number of rotatable bonds is 7. The summed E-state index contributed by atoms with van der Waals surface area (Å²) >= 11 is 1.50. The van der Waals surface area contributed by atoms with Crippen molar-refractivity contribution in [3.63, 3.8) is 0 Å². The predicted octanol–water partition coefficient (Wildman–Crippen LogP) is 1.43. The van der Waals surface area contributed by atoms with Crippen LogP contribution in [0.2, 0.25) is 0 Å². The van der Waals surface area contributed by atoms with Crippen molar-refractivity contribution in [2.75, 3.05) is 6.54 Å². The molecule has 2 aromatic heterocycles. The summed E-state index contributed by atoms with van der Waals surface area (Å²) in [5, 5.41) is 3.19. The Bertz CT molecular complexity index is 683. The third-order valence-corrected chi connectivity index (χ3v) is 5.56. The standard InChI is InChI=1S/C13H18N4O2S2/c1-3-14-8-12-6-13(10(2)20-12)21(18,19)17-7-11-4-5-15-9-16-11/h4-6,9,14,17H,3,7-8H2,1-2H3. The molecular formula is C13H18N4O2S2. The topological polar surface area (TPSA) is 84.0 Å². The number of hydrogen-bond donors (Lipinski definition) is 2. The lowest BCUT2D eigenvalue weighted by Crippen LogP contribution is -2.24. The molecule has 0 aliphatic heterocycles. The normalized spacial score (nSPS) is 11.7. The fraction of sp³-hybridized carbons (Fsp3) is 0.385. The largest absolute Gasteiger partial charge is 0.312 e. The van der Waals surface area contributed by atoms with Gasteiger partial charge in [0.2, 0.25) is 10.0 Å². The molecule has 0 aromatic carbocycles. The smallest absolute Gasteiger partial charge is 0.242 e. The van der Waals surface area contributed by atoms with E-state index in [0.29, 0.717) is 17.1 Å². The Morgan fingerprint density at radius 1 is 1.33 bits per heavy atom. The van der Waals surface area contributed by atoms with Crippen molar-refractivity contribution >= 4 is 21.4 Å². The second-order valence-electron chi connectivity index (χ2n) is 4.44. The average Bonchev–Trinajstić information content (AvgIpc) is 2.86. The molecule has 0 unspecified atom stereocenters. The number of hydrogen-bond acceptors (Lipinski definition) is 6. The van der Waals surface area contributed by atoms with Crippen LogP contribution in [-0.2, 0) is 23.1 Å². The van der Waals surface area contributed by atoms with E-state index in [0.717, 1.165) is 16.3 Å². The molecule has 2 N–H and O–H groups in total. The highest BCUT2D eigenvalue weighted by Gasteiger charge is 2.19. The molecule has 0 saturated heterocycles. The van der Waals surface area contributed by atoms with Crippen molar-refractivity contribution in [2.45, 2.75) is 31.8 Å². The Morgan fingerprint density at radius 3 is 2.81 bits per heavy atom. The zero-order valence-corrected chi connectivity index (χ0v) is 13.6. The molecule has 0 aliphatic carbocycles. The SMILES string of the molecule is CCNCc1cc(S(=O)(=O)NCc2ccncn2)c(C)s1. The summed E-state index contributed by atoms with van der Waals surface area (Å²) in [5.74, 6) is 0. The van der Waals surface area contributed by atoms with Crippen LogP contribution in [0.1, 0.15) is 22.4 Å².